The van der Waals surface area contributed by atoms with Gasteiger partial charge in [0, 0.05) is 17.9 Å². The monoisotopic (exact) mass is 495 g/mol. The molecule has 10 nitrogen and oxygen atoms in total. The highest BCUT2D eigenvalue weighted by molar-refractivity contribution is 5.94. The fourth-order valence-corrected chi connectivity index (χ4v) is 4.55. The van der Waals surface area contributed by atoms with Crippen LogP contribution in [0.25, 0.3) is 11.5 Å². The second-order valence-corrected chi connectivity index (χ2v) is 8.79. The molecule has 186 valence electrons. The van der Waals surface area contributed by atoms with Gasteiger partial charge in [0.25, 0.3) is 0 Å². The summed E-state index contributed by atoms with van der Waals surface area (Å²) in [6.45, 7) is 4.70. The third-order valence-corrected chi connectivity index (χ3v) is 6.35. The summed E-state index contributed by atoms with van der Waals surface area (Å²) in [5.74, 6) is 2.83. The summed E-state index contributed by atoms with van der Waals surface area (Å²) in [6, 6.07) is 19.5. The van der Waals surface area contributed by atoms with Crippen molar-refractivity contribution in [2.45, 2.75) is 32.8 Å². The number of carbonyl (C=O) groups is 1. The van der Waals surface area contributed by atoms with Crippen molar-refractivity contribution in [1.82, 2.24) is 29.6 Å². The van der Waals surface area contributed by atoms with E-state index in [2.05, 4.69) is 25.7 Å². The lowest BCUT2D eigenvalue weighted by Crippen LogP contribution is -2.25. The Morgan fingerprint density at radius 3 is 2.73 bits per heavy atom. The van der Waals surface area contributed by atoms with Gasteiger partial charge in [-0.3, -0.25) is 4.79 Å². The molecule has 1 atom stereocenters. The summed E-state index contributed by atoms with van der Waals surface area (Å²) >= 11 is 0. The molecule has 3 aromatic heterocycles. The van der Waals surface area contributed by atoms with Gasteiger partial charge in [-0.15, -0.1) is 15.3 Å². The van der Waals surface area contributed by atoms with E-state index in [4.69, 9.17) is 9.47 Å². The molecule has 0 saturated heterocycles. The quantitative estimate of drug-likeness (QED) is 0.363. The Balaban J connectivity index is 1.34. The Morgan fingerprint density at radius 1 is 1.03 bits per heavy atom. The van der Waals surface area contributed by atoms with Crippen LogP contribution in [-0.4, -0.2) is 42.1 Å². The van der Waals surface area contributed by atoms with Crippen molar-refractivity contribution in [2.75, 3.05) is 11.9 Å². The number of nitrogens with zero attached hydrogens (tertiary/aromatic N) is 6. The molecule has 0 aliphatic carbocycles. The van der Waals surface area contributed by atoms with Crippen molar-refractivity contribution < 1.29 is 14.3 Å². The van der Waals surface area contributed by atoms with Gasteiger partial charge < -0.3 is 14.8 Å². The van der Waals surface area contributed by atoms with Crippen LogP contribution in [0.2, 0.25) is 0 Å². The zero-order valence-electron chi connectivity index (χ0n) is 20.5. The van der Waals surface area contributed by atoms with Crippen LogP contribution in [0.15, 0.2) is 66.9 Å². The molecule has 0 bridgehead atoms. The predicted molar refractivity (Wildman–Crippen MR) is 136 cm³/mol. The molecule has 5 aromatic rings. The molecule has 0 unspecified atom stereocenters. The molecule has 1 N–H and O–H groups in total. The Kier molecular flexibility index (Phi) is 5.76. The van der Waals surface area contributed by atoms with E-state index < -0.39 is 0 Å². The highest BCUT2D eigenvalue weighted by atomic mass is 16.5. The Labute approximate surface area is 212 Å². The summed E-state index contributed by atoms with van der Waals surface area (Å²) in [4.78, 5) is 12.8. The molecule has 2 aromatic carbocycles. The fourth-order valence-electron chi connectivity index (χ4n) is 4.55. The van der Waals surface area contributed by atoms with Crippen LogP contribution in [0.5, 0.6) is 11.5 Å². The molecular weight excluding hydrogens is 470 g/mol. The molecule has 0 spiro atoms. The van der Waals surface area contributed by atoms with Crippen molar-refractivity contribution in [3.05, 3.63) is 89.4 Å². The standard InChI is InChI=1S/C27H25N7O3/c1-3-36-23-13-19(9-10-22(23)37-16-18-7-5-4-6-8-18)20-14-26(35)29-27-21(20)15-28-34(27)25-12-11-24-31-30-17(2)33(24)32-25/h4-13,15,20H,3,14,16H2,1-2H3,(H,29,35)/t20-/m1/s1. The number of rotatable bonds is 7. The summed E-state index contributed by atoms with van der Waals surface area (Å²) in [6.07, 6.45) is 2.08. The van der Waals surface area contributed by atoms with Gasteiger partial charge in [0.05, 0.1) is 12.8 Å². The molecule has 1 aliphatic rings. The number of ether oxygens (including phenoxy) is 2. The summed E-state index contributed by atoms with van der Waals surface area (Å²) < 4.78 is 15.3. The van der Waals surface area contributed by atoms with Gasteiger partial charge in [-0.25, -0.2) is 0 Å². The first-order chi connectivity index (χ1) is 18.1. The van der Waals surface area contributed by atoms with Crippen molar-refractivity contribution in [3.63, 3.8) is 0 Å². The molecule has 4 heterocycles. The van der Waals surface area contributed by atoms with Crippen LogP contribution in [0.3, 0.4) is 0 Å². The maximum absolute atomic E-state index is 12.8. The van der Waals surface area contributed by atoms with Crippen molar-refractivity contribution in [2.24, 2.45) is 0 Å². The van der Waals surface area contributed by atoms with E-state index in [9.17, 15) is 4.79 Å². The number of aryl methyl sites for hydroxylation is 1. The van der Waals surface area contributed by atoms with E-state index in [1.54, 1.807) is 21.5 Å². The lowest BCUT2D eigenvalue weighted by atomic mass is 9.87. The van der Waals surface area contributed by atoms with Crippen LogP contribution in [0.1, 0.15) is 41.8 Å². The molecule has 10 heteroatoms. The van der Waals surface area contributed by atoms with Crippen molar-refractivity contribution in [3.8, 4) is 17.3 Å². The first kappa shape index (κ1) is 22.7. The maximum atomic E-state index is 12.8. The van der Waals surface area contributed by atoms with Gasteiger partial charge in [-0.05, 0) is 49.2 Å². The Morgan fingerprint density at radius 2 is 1.89 bits per heavy atom. The lowest BCUT2D eigenvalue weighted by Gasteiger charge is -2.24. The molecule has 6 rings (SSSR count). The van der Waals surface area contributed by atoms with Crippen molar-refractivity contribution >= 4 is 17.4 Å². The second kappa shape index (κ2) is 9.38. The van der Waals surface area contributed by atoms with Gasteiger partial charge in [-0.2, -0.15) is 14.3 Å². The van der Waals surface area contributed by atoms with E-state index >= 15 is 0 Å². The fraction of sp³-hybridized carbons (Fsp3) is 0.222. The van der Waals surface area contributed by atoms with Crippen LogP contribution in [0.4, 0.5) is 5.82 Å². The molecular formula is C27H25N7O3. The number of nitrogens with one attached hydrogen (secondary N) is 1. The van der Waals surface area contributed by atoms with Gasteiger partial charge in [-0.1, -0.05) is 36.4 Å². The summed E-state index contributed by atoms with van der Waals surface area (Å²) in [7, 11) is 0. The third kappa shape index (κ3) is 4.26. The highest BCUT2D eigenvalue weighted by Crippen LogP contribution is 2.41. The molecule has 0 fully saturated rings. The highest BCUT2D eigenvalue weighted by Gasteiger charge is 2.31. The van der Waals surface area contributed by atoms with E-state index in [0.717, 1.165) is 16.7 Å². The number of amides is 1. The van der Waals surface area contributed by atoms with E-state index in [1.807, 2.05) is 68.4 Å². The number of carbonyl (C=O) groups excluding carboxylic acids is 1. The van der Waals surface area contributed by atoms with E-state index in [1.165, 1.54) is 0 Å². The molecule has 1 aliphatic heterocycles. The molecule has 0 saturated carbocycles. The number of aromatic nitrogens is 6. The van der Waals surface area contributed by atoms with Crippen LogP contribution in [0, 0.1) is 6.92 Å². The SMILES string of the molecule is CCOc1cc([C@H]2CC(=O)Nc3c2cnn3-c2ccc3nnc(C)n3n2)ccc1OCc1ccccc1. The Bertz CT molecular complexity index is 1590. The number of hydrogen-bond donors (Lipinski definition) is 1. The third-order valence-electron chi connectivity index (χ3n) is 6.35. The van der Waals surface area contributed by atoms with E-state index in [0.29, 0.717) is 54.2 Å². The molecule has 1 amide bonds. The smallest absolute Gasteiger partial charge is 0.226 e. The minimum atomic E-state index is -0.194. The first-order valence-electron chi connectivity index (χ1n) is 12.1. The van der Waals surface area contributed by atoms with Crippen molar-refractivity contribution in [1.29, 1.82) is 0 Å². The number of anilines is 1. The summed E-state index contributed by atoms with van der Waals surface area (Å²) in [5, 5.41) is 20.3. The van der Waals surface area contributed by atoms with Gasteiger partial charge in [0.15, 0.2) is 28.8 Å². The zero-order valence-corrected chi connectivity index (χ0v) is 20.5. The van der Waals surface area contributed by atoms with Crippen LogP contribution >= 0.6 is 0 Å². The minimum absolute atomic E-state index is 0.0943. The number of hydrogen-bond acceptors (Lipinski definition) is 7. The van der Waals surface area contributed by atoms with Gasteiger partial charge in [0.1, 0.15) is 12.4 Å². The second-order valence-electron chi connectivity index (χ2n) is 8.79. The van der Waals surface area contributed by atoms with Gasteiger partial charge in [0.2, 0.25) is 5.91 Å². The van der Waals surface area contributed by atoms with Crippen LogP contribution < -0.4 is 14.8 Å². The topological polar surface area (TPSA) is 108 Å². The first-order valence-corrected chi connectivity index (χ1v) is 12.1. The average molecular weight is 496 g/mol. The largest absolute Gasteiger partial charge is 0.490 e. The number of benzene rings is 2. The minimum Gasteiger partial charge on any atom is -0.490 e. The maximum Gasteiger partial charge on any atom is 0.226 e. The van der Waals surface area contributed by atoms with Gasteiger partial charge >= 0.3 is 0 Å². The molecule has 37 heavy (non-hydrogen) atoms. The number of fused-ring (bicyclic) bond motifs is 2. The normalized spacial score (nSPS) is 14.9. The molecule has 0 radical (unpaired) electrons. The van der Waals surface area contributed by atoms with E-state index in [-0.39, 0.29) is 11.8 Å². The lowest BCUT2D eigenvalue weighted by molar-refractivity contribution is -0.116. The van der Waals surface area contributed by atoms with Crippen LogP contribution in [-0.2, 0) is 11.4 Å². The zero-order chi connectivity index (χ0) is 25.4. The average Bonchev–Trinajstić information content (AvgIpc) is 3.51. The Hall–Kier alpha value is -4.73. The predicted octanol–water partition coefficient (Wildman–Crippen LogP) is 4.07. The summed E-state index contributed by atoms with van der Waals surface area (Å²) in [5.41, 5.74) is 3.57.